The largest absolute Gasteiger partial charge is 0.405 e. The molecule has 136 valence electrons. The fraction of sp³-hybridized carbons (Fsp3) is 0.562. The van der Waals surface area contributed by atoms with E-state index in [9.17, 15) is 18.0 Å². The van der Waals surface area contributed by atoms with Crippen LogP contribution in [0.2, 0.25) is 0 Å². The number of nitrogens with one attached hydrogen (secondary N) is 1. The van der Waals surface area contributed by atoms with Crippen molar-refractivity contribution in [3.8, 4) is 0 Å². The Bertz CT molecular complexity index is 790. The van der Waals surface area contributed by atoms with Crippen LogP contribution in [0.15, 0.2) is 5.38 Å². The monoisotopic (exact) mass is 372 g/mol. The second-order valence-corrected chi connectivity index (χ2v) is 7.17. The maximum Gasteiger partial charge on any atom is 0.405 e. The smallest absolute Gasteiger partial charge is 0.355 e. The Morgan fingerprint density at radius 3 is 2.88 bits per heavy atom. The molecule has 0 spiro atoms. The number of aryl methyl sites for hydroxylation is 2. The Hall–Kier alpha value is -1.90. The van der Waals surface area contributed by atoms with Crippen molar-refractivity contribution in [3.05, 3.63) is 16.8 Å². The number of alkyl halides is 3. The highest BCUT2D eigenvalue weighted by Crippen LogP contribution is 2.33. The first-order valence-electron chi connectivity index (χ1n) is 8.06. The van der Waals surface area contributed by atoms with Crippen LogP contribution in [-0.2, 0) is 4.79 Å². The number of fused-ring (bicyclic) bond motifs is 1. The molecule has 1 fully saturated rings. The summed E-state index contributed by atoms with van der Waals surface area (Å²) in [7, 11) is 0. The molecule has 0 aliphatic carbocycles. The summed E-state index contributed by atoms with van der Waals surface area (Å²) >= 11 is 1.54. The maximum absolute atomic E-state index is 12.3. The SMILES string of the molecule is Cc1nc(N2CCCC(C(=O)NCC(F)(F)F)C2)c2c(C)csc2n1. The van der Waals surface area contributed by atoms with Crippen molar-refractivity contribution in [3.63, 3.8) is 0 Å². The lowest BCUT2D eigenvalue weighted by Crippen LogP contribution is -2.45. The van der Waals surface area contributed by atoms with Crippen LogP contribution < -0.4 is 10.2 Å². The Labute approximate surface area is 147 Å². The first kappa shape index (κ1) is 17.9. The maximum atomic E-state index is 12.3. The molecular weight excluding hydrogens is 353 g/mol. The molecule has 1 amide bonds. The summed E-state index contributed by atoms with van der Waals surface area (Å²) in [5.41, 5.74) is 1.07. The Balaban J connectivity index is 1.80. The van der Waals surface area contributed by atoms with Crippen molar-refractivity contribution in [1.82, 2.24) is 15.3 Å². The average Bonchev–Trinajstić information content (AvgIpc) is 2.92. The van der Waals surface area contributed by atoms with E-state index in [1.54, 1.807) is 11.3 Å². The van der Waals surface area contributed by atoms with Crippen molar-refractivity contribution in [2.45, 2.75) is 32.9 Å². The molecule has 25 heavy (non-hydrogen) atoms. The van der Waals surface area contributed by atoms with Gasteiger partial charge in [-0.15, -0.1) is 11.3 Å². The van der Waals surface area contributed by atoms with Gasteiger partial charge in [0.1, 0.15) is 23.0 Å². The topological polar surface area (TPSA) is 58.1 Å². The number of carbonyl (C=O) groups excluding carboxylic acids is 1. The lowest BCUT2D eigenvalue weighted by Gasteiger charge is -2.33. The number of carbonyl (C=O) groups is 1. The number of nitrogens with zero attached hydrogens (tertiary/aromatic N) is 3. The molecule has 1 N–H and O–H groups in total. The van der Waals surface area contributed by atoms with Crippen LogP contribution in [0.3, 0.4) is 0 Å². The van der Waals surface area contributed by atoms with Crippen molar-refractivity contribution in [2.24, 2.45) is 5.92 Å². The molecule has 1 atom stereocenters. The number of rotatable bonds is 3. The van der Waals surface area contributed by atoms with Gasteiger partial charge in [0.25, 0.3) is 0 Å². The standard InChI is InChI=1S/C16H19F3N4OS/c1-9-7-25-15-12(9)13(21-10(2)22-15)23-5-3-4-11(6-23)14(24)20-8-16(17,18)19/h7,11H,3-6,8H2,1-2H3,(H,20,24). The number of piperidine rings is 1. The third-order valence-electron chi connectivity index (χ3n) is 4.26. The highest BCUT2D eigenvalue weighted by Gasteiger charge is 2.32. The molecule has 0 saturated carbocycles. The van der Waals surface area contributed by atoms with Gasteiger partial charge in [-0.25, -0.2) is 9.97 Å². The molecule has 0 radical (unpaired) electrons. The van der Waals surface area contributed by atoms with Crippen molar-refractivity contribution in [1.29, 1.82) is 0 Å². The molecule has 1 unspecified atom stereocenters. The van der Waals surface area contributed by atoms with Crippen molar-refractivity contribution < 1.29 is 18.0 Å². The molecular formula is C16H19F3N4OS. The highest BCUT2D eigenvalue weighted by atomic mass is 32.1. The number of anilines is 1. The lowest BCUT2D eigenvalue weighted by molar-refractivity contribution is -0.140. The first-order chi connectivity index (χ1) is 11.7. The quantitative estimate of drug-likeness (QED) is 0.899. The molecule has 0 bridgehead atoms. The number of hydrogen-bond donors (Lipinski definition) is 1. The van der Waals surface area contributed by atoms with Gasteiger partial charge in [0.2, 0.25) is 5.91 Å². The van der Waals surface area contributed by atoms with Crippen molar-refractivity contribution in [2.75, 3.05) is 24.5 Å². The summed E-state index contributed by atoms with van der Waals surface area (Å²) in [4.78, 5) is 24.0. The van der Waals surface area contributed by atoms with Gasteiger partial charge in [-0.1, -0.05) is 0 Å². The zero-order chi connectivity index (χ0) is 18.2. The first-order valence-corrected chi connectivity index (χ1v) is 8.94. The van der Waals surface area contributed by atoms with Gasteiger partial charge in [0.15, 0.2) is 0 Å². The minimum Gasteiger partial charge on any atom is -0.355 e. The predicted octanol–water partition coefficient (Wildman–Crippen LogP) is 3.20. The summed E-state index contributed by atoms with van der Waals surface area (Å²) in [6.45, 7) is 3.60. The predicted molar refractivity (Wildman–Crippen MR) is 90.9 cm³/mol. The Morgan fingerprint density at radius 2 is 2.16 bits per heavy atom. The van der Waals surface area contributed by atoms with Crippen LogP contribution in [0.4, 0.5) is 19.0 Å². The van der Waals surface area contributed by atoms with Crippen LogP contribution >= 0.6 is 11.3 Å². The van der Waals surface area contributed by atoms with Gasteiger partial charge in [-0.3, -0.25) is 4.79 Å². The fourth-order valence-corrected chi connectivity index (χ4v) is 4.07. The third kappa shape index (κ3) is 4.02. The molecule has 3 rings (SSSR count). The van der Waals surface area contributed by atoms with E-state index in [1.807, 2.05) is 29.4 Å². The number of aromatic nitrogens is 2. The number of hydrogen-bond acceptors (Lipinski definition) is 5. The third-order valence-corrected chi connectivity index (χ3v) is 5.26. The summed E-state index contributed by atoms with van der Waals surface area (Å²) < 4.78 is 36.9. The van der Waals surface area contributed by atoms with Gasteiger partial charge in [-0.2, -0.15) is 13.2 Å². The lowest BCUT2D eigenvalue weighted by atomic mass is 9.97. The van der Waals surface area contributed by atoms with Crippen LogP contribution in [-0.4, -0.2) is 41.7 Å². The van der Waals surface area contributed by atoms with E-state index < -0.39 is 24.5 Å². The summed E-state index contributed by atoms with van der Waals surface area (Å²) in [5.74, 6) is 0.397. The normalized spacial score (nSPS) is 18.6. The minimum atomic E-state index is -4.40. The number of thiophene rings is 1. The average molecular weight is 372 g/mol. The molecule has 2 aromatic heterocycles. The second-order valence-electron chi connectivity index (χ2n) is 6.31. The van der Waals surface area contributed by atoms with Crippen LogP contribution in [0.5, 0.6) is 0 Å². The summed E-state index contributed by atoms with van der Waals surface area (Å²) in [6, 6.07) is 0. The van der Waals surface area contributed by atoms with E-state index in [0.29, 0.717) is 18.8 Å². The molecule has 3 heterocycles. The van der Waals surface area contributed by atoms with E-state index in [-0.39, 0.29) is 0 Å². The Kier molecular flexibility index (Phi) is 4.86. The van der Waals surface area contributed by atoms with Crippen molar-refractivity contribution >= 4 is 33.3 Å². The van der Waals surface area contributed by atoms with Gasteiger partial charge in [0, 0.05) is 13.1 Å². The van der Waals surface area contributed by atoms with Gasteiger partial charge < -0.3 is 10.2 Å². The van der Waals surface area contributed by atoms with Gasteiger partial charge >= 0.3 is 6.18 Å². The Morgan fingerprint density at radius 1 is 1.40 bits per heavy atom. The van der Waals surface area contributed by atoms with E-state index in [0.717, 1.165) is 34.6 Å². The fourth-order valence-electron chi connectivity index (χ4n) is 3.11. The van der Waals surface area contributed by atoms with E-state index in [4.69, 9.17) is 0 Å². The minimum absolute atomic E-state index is 0.366. The number of amides is 1. The summed E-state index contributed by atoms with van der Waals surface area (Å²) in [6.07, 6.45) is -3.08. The molecule has 0 aromatic carbocycles. The summed E-state index contributed by atoms with van der Waals surface area (Å²) in [5, 5.41) is 4.98. The zero-order valence-electron chi connectivity index (χ0n) is 14.0. The van der Waals surface area contributed by atoms with Crippen LogP contribution in [0.25, 0.3) is 10.2 Å². The molecule has 5 nitrogen and oxygen atoms in total. The van der Waals surface area contributed by atoms with Crippen LogP contribution in [0.1, 0.15) is 24.2 Å². The van der Waals surface area contributed by atoms with E-state index in [1.165, 1.54) is 0 Å². The second kappa shape index (κ2) is 6.78. The molecule has 1 aliphatic rings. The highest BCUT2D eigenvalue weighted by molar-refractivity contribution is 7.17. The molecule has 2 aromatic rings. The van der Waals surface area contributed by atoms with Crippen LogP contribution in [0, 0.1) is 19.8 Å². The van der Waals surface area contributed by atoms with Gasteiger partial charge in [-0.05, 0) is 37.6 Å². The molecule has 9 heteroatoms. The van der Waals surface area contributed by atoms with E-state index >= 15 is 0 Å². The van der Waals surface area contributed by atoms with Gasteiger partial charge in [0.05, 0.1) is 11.3 Å². The molecule has 1 saturated heterocycles. The zero-order valence-corrected chi connectivity index (χ0v) is 14.8. The molecule has 1 aliphatic heterocycles. The van der Waals surface area contributed by atoms with E-state index in [2.05, 4.69) is 9.97 Å². The number of halogens is 3.